The molecule has 1 heterocycles. The number of thioether (sulfide) groups is 1. The molecule has 1 N–H and O–H groups in total. The van der Waals surface area contributed by atoms with Gasteiger partial charge in [-0.25, -0.2) is 8.42 Å². The van der Waals surface area contributed by atoms with Crippen LogP contribution in [0.15, 0.2) is 47.4 Å². The van der Waals surface area contributed by atoms with E-state index < -0.39 is 31.3 Å². The number of nitro groups is 1. The Bertz CT molecular complexity index is 1140. The predicted octanol–water partition coefficient (Wildman–Crippen LogP) is 2.45. The largest absolute Gasteiger partial charge is 0.322 e. The van der Waals surface area contributed by atoms with Crippen molar-refractivity contribution in [2.24, 2.45) is 0 Å². The molecule has 30 heavy (non-hydrogen) atoms. The zero-order chi connectivity index (χ0) is 22.1. The number of amides is 3. The number of hydrogen-bond donors (Lipinski definition) is 1. The molecule has 156 valence electrons. The summed E-state index contributed by atoms with van der Waals surface area (Å²) in [4.78, 5) is 46.7. The van der Waals surface area contributed by atoms with Crippen LogP contribution in [-0.4, -0.2) is 47.3 Å². The Balaban J connectivity index is 1.74. The summed E-state index contributed by atoms with van der Waals surface area (Å²) in [5.74, 6) is -0.800. The molecule has 0 saturated carbocycles. The van der Waals surface area contributed by atoms with Gasteiger partial charge in [-0.15, -0.1) is 0 Å². The van der Waals surface area contributed by atoms with E-state index >= 15 is 0 Å². The third-order valence-electron chi connectivity index (χ3n) is 4.21. The van der Waals surface area contributed by atoms with Gasteiger partial charge in [0.25, 0.3) is 16.8 Å². The van der Waals surface area contributed by atoms with E-state index in [1.807, 2.05) is 0 Å². The van der Waals surface area contributed by atoms with Gasteiger partial charge in [-0.2, -0.15) is 0 Å². The fourth-order valence-corrected chi connectivity index (χ4v) is 4.28. The average Bonchev–Trinajstić information content (AvgIpc) is 3.00. The molecule has 0 atom stereocenters. The van der Waals surface area contributed by atoms with Gasteiger partial charge >= 0.3 is 0 Å². The Morgan fingerprint density at radius 3 is 2.40 bits per heavy atom. The third kappa shape index (κ3) is 4.66. The van der Waals surface area contributed by atoms with Crippen molar-refractivity contribution in [2.45, 2.75) is 11.4 Å². The number of carbonyl (C=O) groups excluding carboxylic acids is 3. The van der Waals surface area contributed by atoms with Gasteiger partial charge in [-0.1, -0.05) is 23.9 Å². The molecule has 0 radical (unpaired) electrons. The molecule has 0 spiro atoms. The first kappa shape index (κ1) is 21.5. The molecular weight excluding hydrogens is 434 g/mol. The van der Waals surface area contributed by atoms with Crippen LogP contribution >= 0.6 is 11.8 Å². The number of rotatable bonds is 6. The first-order valence-corrected chi connectivity index (χ1v) is 11.3. The molecule has 1 aliphatic heterocycles. The van der Waals surface area contributed by atoms with Crippen LogP contribution in [-0.2, 0) is 21.2 Å². The number of nitrogens with zero attached hydrogens (tertiary/aromatic N) is 2. The highest BCUT2D eigenvalue weighted by Crippen LogP contribution is 2.26. The van der Waals surface area contributed by atoms with E-state index in [4.69, 9.17) is 0 Å². The van der Waals surface area contributed by atoms with Crippen molar-refractivity contribution >= 4 is 50.0 Å². The normalized spacial score (nSPS) is 14.1. The molecule has 0 aliphatic carbocycles. The number of anilines is 1. The van der Waals surface area contributed by atoms with Crippen LogP contribution in [0.2, 0.25) is 0 Å². The molecule has 0 aromatic heterocycles. The molecule has 12 heteroatoms. The van der Waals surface area contributed by atoms with Crippen LogP contribution in [0.4, 0.5) is 16.2 Å². The quantitative estimate of drug-likeness (QED) is 0.523. The molecule has 3 rings (SSSR count). The maximum absolute atomic E-state index is 12.4. The monoisotopic (exact) mass is 449 g/mol. The number of hydrogen-bond acceptors (Lipinski definition) is 8. The fourth-order valence-electron chi connectivity index (χ4n) is 2.73. The summed E-state index contributed by atoms with van der Waals surface area (Å²) in [5.41, 5.74) is 0.305. The van der Waals surface area contributed by atoms with E-state index in [-0.39, 0.29) is 29.0 Å². The molecule has 1 aliphatic rings. The summed E-state index contributed by atoms with van der Waals surface area (Å²) in [6.07, 6.45) is 0.846. The highest BCUT2D eigenvalue weighted by molar-refractivity contribution is 8.14. The van der Waals surface area contributed by atoms with E-state index in [1.54, 1.807) is 24.3 Å². The van der Waals surface area contributed by atoms with Crippen LogP contribution in [0.3, 0.4) is 0 Å². The van der Waals surface area contributed by atoms with Gasteiger partial charge in [0, 0.05) is 23.6 Å². The molecule has 2 aromatic rings. The third-order valence-corrected chi connectivity index (χ3v) is 6.21. The van der Waals surface area contributed by atoms with E-state index in [1.165, 1.54) is 6.07 Å². The van der Waals surface area contributed by atoms with Gasteiger partial charge in [0.05, 0.1) is 17.2 Å². The Morgan fingerprint density at radius 2 is 1.87 bits per heavy atom. The van der Waals surface area contributed by atoms with Crippen molar-refractivity contribution in [3.8, 4) is 0 Å². The highest BCUT2D eigenvalue weighted by Gasteiger charge is 2.29. The van der Waals surface area contributed by atoms with Crippen molar-refractivity contribution in [3.05, 3.63) is 63.7 Å². The number of benzene rings is 2. The molecular formula is C18H15N3O7S2. The van der Waals surface area contributed by atoms with Crippen LogP contribution in [0.5, 0.6) is 0 Å². The molecule has 10 nitrogen and oxygen atoms in total. The number of imide groups is 1. The predicted molar refractivity (Wildman–Crippen MR) is 109 cm³/mol. The molecule has 3 amide bonds. The summed E-state index contributed by atoms with van der Waals surface area (Å²) in [5, 5.41) is 13.4. The lowest BCUT2D eigenvalue weighted by Crippen LogP contribution is -2.27. The fraction of sp³-hybridized carbons (Fsp3) is 0.167. The van der Waals surface area contributed by atoms with Gasteiger partial charge in [0.15, 0.2) is 9.84 Å². The zero-order valence-corrected chi connectivity index (χ0v) is 17.2. The van der Waals surface area contributed by atoms with Gasteiger partial charge in [-0.05, 0) is 29.8 Å². The standard InChI is InChI=1S/C18H15N3O7S2/c1-30(27,28)15-7-4-12(8-14(15)21(25)26)17(23)19-13-5-2-11(3-6-13)9-20-16(22)10-29-18(20)24/h2-8H,9-10H2,1H3,(H,19,23). The second-order valence-electron chi connectivity index (χ2n) is 6.40. The summed E-state index contributed by atoms with van der Waals surface area (Å²) < 4.78 is 23.3. The minimum Gasteiger partial charge on any atom is -0.322 e. The second kappa shape index (κ2) is 8.24. The summed E-state index contributed by atoms with van der Waals surface area (Å²) in [6, 6.07) is 9.50. The SMILES string of the molecule is CS(=O)(=O)c1ccc(C(=O)Nc2ccc(CN3C(=O)CSC3=O)cc2)cc1[N+](=O)[O-]. The molecule has 1 saturated heterocycles. The zero-order valence-electron chi connectivity index (χ0n) is 15.5. The summed E-state index contributed by atoms with van der Waals surface area (Å²) in [7, 11) is -3.83. The van der Waals surface area contributed by atoms with Crippen LogP contribution in [0.1, 0.15) is 15.9 Å². The number of carbonyl (C=O) groups is 3. The molecule has 0 unspecified atom stereocenters. The average molecular weight is 449 g/mol. The Kier molecular flexibility index (Phi) is 5.89. The van der Waals surface area contributed by atoms with Gasteiger partial charge in [0.2, 0.25) is 5.91 Å². The number of nitrogens with one attached hydrogen (secondary N) is 1. The maximum Gasteiger partial charge on any atom is 0.289 e. The first-order chi connectivity index (χ1) is 14.1. The van der Waals surface area contributed by atoms with Crippen molar-refractivity contribution in [1.82, 2.24) is 4.90 Å². The first-order valence-electron chi connectivity index (χ1n) is 8.42. The van der Waals surface area contributed by atoms with Crippen LogP contribution in [0, 0.1) is 10.1 Å². The van der Waals surface area contributed by atoms with E-state index in [2.05, 4.69) is 5.32 Å². The summed E-state index contributed by atoms with van der Waals surface area (Å²) in [6.45, 7) is 0.123. The van der Waals surface area contributed by atoms with Gasteiger partial charge < -0.3 is 5.32 Å². The van der Waals surface area contributed by atoms with Crippen LogP contribution in [0.25, 0.3) is 0 Å². The van der Waals surface area contributed by atoms with E-state index in [0.717, 1.165) is 35.1 Å². The molecule has 1 fully saturated rings. The van der Waals surface area contributed by atoms with Crippen LogP contribution < -0.4 is 5.32 Å². The number of nitro benzene ring substituents is 1. The Hall–Kier alpha value is -3.25. The number of sulfone groups is 1. The Morgan fingerprint density at radius 1 is 1.20 bits per heavy atom. The van der Waals surface area contributed by atoms with Gasteiger partial charge in [0.1, 0.15) is 4.90 Å². The van der Waals surface area contributed by atoms with E-state index in [9.17, 15) is 32.9 Å². The minimum absolute atomic E-state index is 0.0801. The smallest absolute Gasteiger partial charge is 0.289 e. The van der Waals surface area contributed by atoms with Gasteiger partial charge in [-0.3, -0.25) is 29.4 Å². The summed E-state index contributed by atoms with van der Waals surface area (Å²) >= 11 is 0.942. The molecule has 0 bridgehead atoms. The minimum atomic E-state index is -3.83. The Labute approximate surface area is 175 Å². The maximum atomic E-state index is 12.4. The highest BCUT2D eigenvalue weighted by atomic mass is 32.2. The van der Waals surface area contributed by atoms with Crippen molar-refractivity contribution in [1.29, 1.82) is 0 Å². The van der Waals surface area contributed by atoms with E-state index in [0.29, 0.717) is 11.3 Å². The lowest BCUT2D eigenvalue weighted by Gasteiger charge is -2.13. The lowest BCUT2D eigenvalue weighted by atomic mass is 10.1. The van der Waals surface area contributed by atoms with Crippen molar-refractivity contribution in [2.75, 3.05) is 17.3 Å². The molecule has 2 aromatic carbocycles. The second-order valence-corrected chi connectivity index (χ2v) is 9.31. The topological polar surface area (TPSA) is 144 Å². The van der Waals surface area contributed by atoms with Crippen molar-refractivity contribution in [3.63, 3.8) is 0 Å². The lowest BCUT2D eigenvalue weighted by molar-refractivity contribution is -0.387. The van der Waals surface area contributed by atoms with Crippen molar-refractivity contribution < 1.29 is 27.7 Å².